The molecule has 106 valence electrons. The van der Waals surface area contributed by atoms with Gasteiger partial charge in [-0.05, 0) is 51.3 Å². The van der Waals surface area contributed by atoms with E-state index in [0.29, 0.717) is 0 Å². The molecule has 0 aromatic heterocycles. The summed E-state index contributed by atoms with van der Waals surface area (Å²) < 4.78 is 5.16. The van der Waals surface area contributed by atoms with Crippen molar-refractivity contribution in [2.45, 2.75) is 44.8 Å². The second-order valence-electron chi connectivity index (χ2n) is 6.42. The Morgan fingerprint density at radius 3 is 2.05 bits per heavy atom. The molecule has 0 atom stereocenters. The molecule has 1 fully saturated rings. The maximum Gasteiger partial charge on any atom is 0.118 e. The number of ether oxygens (including phenoxy) is 1. The highest BCUT2D eigenvalue weighted by molar-refractivity contribution is 5.31. The topological polar surface area (TPSA) is 32.7 Å². The quantitative estimate of drug-likeness (QED) is 0.890. The van der Waals surface area contributed by atoms with Crippen LogP contribution >= 0.6 is 0 Å². The maximum absolute atomic E-state index is 10.8. The highest BCUT2D eigenvalue weighted by Crippen LogP contribution is 2.35. The molecular weight excluding hydrogens is 238 g/mol. The maximum atomic E-state index is 10.8. The fourth-order valence-electron chi connectivity index (χ4n) is 2.74. The molecule has 3 heteroatoms. The summed E-state index contributed by atoms with van der Waals surface area (Å²) in [7, 11) is 1.66. The first-order chi connectivity index (χ1) is 8.85. The van der Waals surface area contributed by atoms with Crippen molar-refractivity contribution in [3.8, 4) is 5.75 Å². The highest BCUT2D eigenvalue weighted by Gasteiger charge is 2.36. The number of likely N-dealkylation sites (tertiary alicyclic amines) is 1. The minimum atomic E-state index is -0.686. The summed E-state index contributed by atoms with van der Waals surface area (Å²) in [6, 6.07) is 7.80. The van der Waals surface area contributed by atoms with Gasteiger partial charge in [0.2, 0.25) is 0 Å². The Bertz CT molecular complexity index is 411. The van der Waals surface area contributed by atoms with Crippen LogP contribution in [-0.4, -0.2) is 35.7 Å². The molecule has 1 aromatic rings. The SMILES string of the molecule is COc1ccc(C2(O)CCN(C(C)(C)C)CC2)cc1. The second kappa shape index (κ2) is 5.14. The lowest BCUT2D eigenvalue weighted by atomic mass is 9.83. The number of aliphatic hydroxyl groups is 1. The number of methoxy groups -OCH3 is 1. The fourth-order valence-corrected chi connectivity index (χ4v) is 2.74. The van der Waals surface area contributed by atoms with Gasteiger partial charge in [0.1, 0.15) is 5.75 Å². The molecule has 19 heavy (non-hydrogen) atoms. The van der Waals surface area contributed by atoms with Gasteiger partial charge in [0.05, 0.1) is 12.7 Å². The van der Waals surface area contributed by atoms with Gasteiger partial charge in [-0.2, -0.15) is 0 Å². The van der Waals surface area contributed by atoms with E-state index in [1.165, 1.54) is 0 Å². The Labute approximate surface area is 116 Å². The van der Waals surface area contributed by atoms with E-state index in [9.17, 15) is 5.11 Å². The first-order valence-corrected chi connectivity index (χ1v) is 6.97. The van der Waals surface area contributed by atoms with Crippen LogP contribution in [0.25, 0.3) is 0 Å². The summed E-state index contributed by atoms with van der Waals surface area (Å²) in [6.07, 6.45) is 1.58. The van der Waals surface area contributed by atoms with Crippen molar-refractivity contribution in [1.82, 2.24) is 4.90 Å². The molecule has 0 aliphatic carbocycles. The zero-order valence-corrected chi connectivity index (χ0v) is 12.4. The van der Waals surface area contributed by atoms with Crippen LogP contribution < -0.4 is 4.74 Å². The van der Waals surface area contributed by atoms with Gasteiger partial charge in [-0.1, -0.05) is 12.1 Å². The van der Waals surface area contributed by atoms with E-state index in [-0.39, 0.29) is 5.54 Å². The molecule has 0 spiro atoms. The van der Waals surface area contributed by atoms with Gasteiger partial charge in [0.15, 0.2) is 0 Å². The Morgan fingerprint density at radius 2 is 1.63 bits per heavy atom. The molecule has 1 saturated heterocycles. The van der Waals surface area contributed by atoms with Crippen molar-refractivity contribution in [1.29, 1.82) is 0 Å². The molecule has 0 saturated carbocycles. The van der Waals surface area contributed by atoms with Crippen LogP contribution in [0.4, 0.5) is 0 Å². The number of nitrogens with zero attached hydrogens (tertiary/aromatic N) is 1. The number of rotatable bonds is 2. The minimum Gasteiger partial charge on any atom is -0.497 e. The van der Waals surface area contributed by atoms with Gasteiger partial charge in [-0.3, -0.25) is 4.90 Å². The van der Waals surface area contributed by atoms with E-state index in [0.717, 1.165) is 37.2 Å². The molecule has 1 aromatic carbocycles. The van der Waals surface area contributed by atoms with Crippen LogP contribution in [0.3, 0.4) is 0 Å². The second-order valence-corrected chi connectivity index (χ2v) is 6.42. The third-order valence-corrected chi connectivity index (χ3v) is 4.17. The van der Waals surface area contributed by atoms with Crippen molar-refractivity contribution in [3.63, 3.8) is 0 Å². The average Bonchev–Trinajstić information content (AvgIpc) is 2.38. The third kappa shape index (κ3) is 3.10. The van der Waals surface area contributed by atoms with E-state index in [1.54, 1.807) is 7.11 Å². The Morgan fingerprint density at radius 1 is 1.11 bits per heavy atom. The van der Waals surface area contributed by atoms with E-state index in [4.69, 9.17) is 4.74 Å². The number of benzene rings is 1. The predicted molar refractivity (Wildman–Crippen MR) is 77.5 cm³/mol. The summed E-state index contributed by atoms with van der Waals surface area (Å²) in [4.78, 5) is 2.44. The van der Waals surface area contributed by atoms with Crippen LogP contribution in [0.15, 0.2) is 24.3 Å². The molecule has 0 unspecified atom stereocenters. The van der Waals surface area contributed by atoms with Gasteiger partial charge in [0, 0.05) is 18.6 Å². The first-order valence-electron chi connectivity index (χ1n) is 6.97. The standard InChI is InChI=1S/C16H25NO2/c1-15(2,3)17-11-9-16(18,10-12-17)13-5-7-14(19-4)8-6-13/h5-8,18H,9-12H2,1-4H3. The van der Waals surface area contributed by atoms with Crippen molar-refractivity contribution >= 4 is 0 Å². The van der Waals surface area contributed by atoms with Crippen molar-refractivity contribution in [2.75, 3.05) is 20.2 Å². The molecule has 0 bridgehead atoms. The lowest BCUT2D eigenvalue weighted by Gasteiger charge is -2.44. The molecule has 0 amide bonds. The fraction of sp³-hybridized carbons (Fsp3) is 0.625. The van der Waals surface area contributed by atoms with Gasteiger partial charge in [0.25, 0.3) is 0 Å². The summed E-state index contributed by atoms with van der Waals surface area (Å²) in [5, 5.41) is 10.8. The van der Waals surface area contributed by atoms with Crippen LogP contribution in [0.2, 0.25) is 0 Å². The smallest absolute Gasteiger partial charge is 0.118 e. The normalized spacial score (nSPS) is 20.3. The molecule has 3 nitrogen and oxygen atoms in total. The Balaban J connectivity index is 2.08. The average molecular weight is 263 g/mol. The molecule has 1 aliphatic rings. The summed E-state index contributed by atoms with van der Waals surface area (Å²) in [5.41, 5.74) is 0.497. The molecule has 2 rings (SSSR count). The molecule has 1 N–H and O–H groups in total. The summed E-state index contributed by atoms with van der Waals surface area (Å²) >= 11 is 0. The van der Waals surface area contributed by atoms with Gasteiger partial charge < -0.3 is 9.84 Å². The lowest BCUT2D eigenvalue weighted by Crippen LogP contribution is -2.50. The van der Waals surface area contributed by atoms with E-state index >= 15 is 0 Å². The van der Waals surface area contributed by atoms with Crippen LogP contribution in [0.1, 0.15) is 39.2 Å². The van der Waals surface area contributed by atoms with Crippen LogP contribution in [-0.2, 0) is 5.60 Å². The first kappa shape index (κ1) is 14.4. The van der Waals surface area contributed by atoms with Gasteiger partial charge in [-0.15, -0.1) is 0 Å². The largest absolute Gasteiger partial charge is 0.497 e. The highest BCUT2D eigenvalue weighted by atomic mass is 16.5. The van der Waals surface area contributed by atoms with Crippen LogP contribution in [0, 0.1) is 0 Å². The number of hydrogen-bond donors (Lipinski definition) is 1. The monoisotopic (exact) mass is 263 g/mol. The zero-order valence-electron chi connectivity index (χ0n) is 12.4. The molecule has 0 radical (unpaired) electrons. The summed E-state index contributed by atoms with van der Waals surface area (Å²) in [6.45, 7) is 8.55. The third-order valence-electron chi connectivity index (χ3n) is 4.17. The van der Waals surface area contributed by atoms with Crippen LogP contribution in [0.5, 0.6) is 5.75 Å². The van der Waals surface area contributed by atoms with E-state index in [1.807, 2.05) is 24.3 Å². The lowest BCUT2D eigenvalue weighted by molar-refractivity contribution is -0.0461. The van der Waals surface area contributed by atoms with E-state index in [2.05, 4.69) is 25.7 Å². The van der Waals surface area contributed by atoms with Gasteiger partial charge >= 0.3 is 0 Å². The Kier molecular flexibility index (Phi) is 3.88. The zero-order chi connectivity index (χ0) is 14.1. The van der Waals surface area contributed by atoms with Crippen molar-refractivity contribution in [2.24, 2.45) is 0 Å². The molecule has 1 heterocycles. The van der Waals surface area contributed by atoms with Crippen molar-refractivity contribution in [3.05, 3.63) is 29.8 Å². The Hall–Kier alpha value is -1.06. The molecule has 1 aliphatic heterocycles. The predicted octanol–water partition coefficient (Wildman–Crippen LogP) is 2.78. The summed E-state index contributed by atoms with van der Waals surface area (Å²) in [5.74, 6) is 0.833. The van der Waals surface area contributed by atoms with Crippen molar-refractivity contribution < 1.29 is 9.84 Å². The minimum absolute atomic E-state index is 0.182. The number of hydrogen-bond acceptors (Lipinski definition) is 3. The van der Waals surface area contributed by atoms with E-state index < -0.39 is 5.60 Å². The van der Waals surface area contributed by atoms with Gasteiger partial charge in [-0.25, -0.2) is 0 Å². The molecular formula is C16H25NO2. The number of piperidine rings is 1.